The van der Waals surface area contributed by atoms with E-state index in [0.717, 1.165) is 15.6 Å². The summed E-state index contributed by atoms with van der Waals surface area (Å²) in [6.07, 6.45) is -7.81. The van der Waals surface area contributed by atoms with Gasteiger partial charge in [-0.3, -0.25) is 0 Å². The average molecular weight is 888 g/mol. The Bertz CT molecular complexity index is 1720. The zero-order valence-electron chi connectivity index (χ0n) is 34.5. The Morgan fingerprint density at radius 2 is 1.53 bits per heavy atom. The molecule has 3 aliphatic rings. The summed E-state index contributed by atoms with van der Waals surface area (Å²) in [6.45, 7) is 14.9. The second kappa shape index (κ2) is 19.8. The number of benzene rings is 3. The zero-order chi connectivity index (χ0) is 41.5. The molecule has 3 fully saturated rings. The van der Waals surface area contributed by atoms with Crippen LogP contribution in [0.15, 0.2) is 91.0 Å². The van der Waals surface area contributed by atoms with Gasteiger partial charge in [0.2, 0.25) is 0 Å². The van der Waals surface area contributed by atoms with Crippen LogP contribution in [0.3, 0.4) is 0 Å². The van der Waals surface area contributed by atoms with Gasteiger partial charge in [-0.1, -0.05) is 6.07 Å². The number of nitrogens with one attached hydrogen (secondary N) is 1. The number of carbonyl (C=O) groups excluding carboxylic acids is 1. The number of aliphatic hydroxyl groups is 1. The number of alkyl carbamates (subject to hydrolysis) is 1. The van der Waals surface area contributed by atoms with Gasteiger partial charge in [0.1, 0.15) is 0 Å². The summed E-state index contributed by atoms with van der Waals surface area (Å²) in [6, 6.07) is 27.1. The van der Waals surface area contributed by atoms with Crippen molar-refractivity contribution in [2.45, 2.75) is 138 Å². The van der Waals surface area contributed by atoms with Crippen molar-refractivity contribution < 1.29 is 52.2 Å². The predicted molar refractivity (Wildman–Crippen MR) is 221 cm³/mol. The minimum atomic E-state index is -2.41. The SMILES string of the molecule is CC1(C)OC[C@H]2O[C@H](O[C@@H]3O[C@H](C[Se]c4ccccc4)[C@H](O)[C@H](OCOCc4ccccc4)[C@H]3NC(=O)OCc3ccccc3)[C@H](N)[C@@H](O[Si](C)(C)C(C)(C)C)[C@@H]2O1. The molecule has 0 radical (unpaired) electrons. The maximum atomic E-state index is 13.6. The van der Waals surface area contributed by atoms with Gasteiger partial charge < -0.3 is 0 Å². The van der Waals surface area contributed by atoms with Gasteiger partial charge in [0.15, 0.2) is 0 Å². The van der Waals surface area contributed by atoms with Crippen LogP contribution in [0.25, 0.3) is 0 Å². The second-order valence-corrected chi connectivity index (χ2v) is 23.9. The van der Waals surface area contributed by atoms with Gasteiger partial charge in [0, 0.05) is 0 Å². The number of amides is 1. The van der Waals surface area contributed by atoms with Crippen molar-refractivity contribution in [1.82, 2.24) is 5.32 Å². The third-order valence-electron chi connectivity index (χ3n) is 11.0. The molecule has 3 heterocycles. The molecule has 3 aliphatic heterocycles. The van der Waals surface area contributed by atoms with Crippen molar-refractivity contribution >= 4 is 33.8 Å². The number of ether oxygens (including phenoxy) is 8. The van der Waals surface area contributed by atoms with E-state index >= 15 is 0 Å². The maximum absolute atomic E-state index is 13.6. The summed E-state index contributed by atoms with van der Waals surface area (Å²) in [5.74, 6) is -0.883. The van der Waals surface area contributed by atoms with E-state index in [-0.39, 0.29) is 46.6 Å². The summed E-state index contributed by atoms with van der Waals surface area (Å²) in [5, 5.41) is 15.2. The van der Waals surface area contributed by atoms with Gasteiger partial charge in [-0.25, -0.2) is 0 Å². The number of hydrogen-bond acceptors (Lipinski definition) is 12. The van der Waals surface area contributed by atoms with Crippen molar-refractivity contribution in [2.24, 2.45) is 5.73 Å². The molecule has 0 unspecified atom stereocenters. The van der Waals surface area contributed by atoms with E-state index in [2.05, 4.69) is 39.2 Å². The molecule has 3 aromatic rings. The number of aliphatic hydroxyl groups excluding tert-OH is 1. The Morgan fingerprint density at radius 1 is 0.914 bits per heavy atom. The van der Waals surface area contributed by atoms with Gasteiger partial charge in [-0.05, 0) is 0 Å². The second-order valence-electron chi connectivity index (χ2n) is 16.9. The first-order valence-corrected chi connectivity index (χ1v) is 24.9. The van der Waals surface area contributed by atoms with E-state index in [1.807, 2.05) is 105 Å². The van der Waals surface area contributed by atoms with Crippen LogP contribution in [0.5, 0.6) is 0 Å². The molecule has 15 heteroatoms. The van der Waals surface area contributed by atoms with Gasteiger partial charge >= 0.3 is 345 Å². The van der Waals surface area contributed by atoms with Crippen molar-refractivity contribution in [3.63, 3.8) is 0 Å². The molecule has 58 heavy (non-hydrogen) atoms. The molecule has 0 aromatic heterocycles. The Hall–Kier alpha value is -2.73. The fourth-order valence-electron chi connectivity index (χ4n) is 6.74. The summed E-state index contributed by atoms with van der Waals surface area (Å²) in [4.78, 5) is 13.6. The van der Waals surface area contributed by atoms with E-state index in [0.29, 0.717) is 5.32 Å². The summed E-state index contributed by atoms with van der Waals surface area (Å²) < 4.78 is 58.5. The Balaban J connectivity index is 1.28. The third-order valence-corrected chi connectivity index (χ3v) is 17.8. The molecule has 0 aliphatic carbocycles. The van der Waals surface area contributed by atoms with Crippen molar-refractivity contribution in [3.8, 4) is 0 Å². The van der Waals surface area contributed by atoms with Crippen LogP contribution in [0.4, 0.5) is 4.79 Å². The van der Waals surface area contributed by atoms with Crippen LogP contribution in [-0.4, -0.2) is 115 Å². The summed E-state index contributed by atoms with van der Waals surface area (Å²) >= 11 is -0.0860. The molecule has 0 saturated carbocycles. The standard InChI is InChI=1S/C43H60N2O11SeSi/c1-42(2,3)58(6,7)56-37-33(44)39(52-31-25-51-43(4,5)55-36(31)37)54-40-34(45-41(47)49-24-29-19-13-9-14-20-29)38(50-27-48-23-28-17-11-8-12-18-28)35(46)32(53-40)26-57-30-21-15-10-16-22-30/h8-22,31-40,46H,23-27,44H2,1-7H3,(H,45,47)/t31-,32-,33-,34-,35+,36-,37-,38-,39-,40+/m1/s1. The first-order valence-electron chi connectivity index (χ1n) is 19.9. The third kappa shape index (κ3) is 11.8. The number of fused-ring (bicyclic) bond motifs is 1. The normalized spacial score (nSPS) is 29.9. The molecule has 1 amide bonds. The fraction of sp³-hybridized carbons (Fsp3) is 0.558. The van der Waals surface area contributed by atoms with Crippen LogP contribution in [-0.2, 0) is 55.5 Å². The number of carbonyl (C=O) groups is 1. The molecule has 3 aromatic carbocycles. The van der Waals surface area contributed by atoms with Crippen molar-refractivity contribution in [3.05, 3.63) is 102 Å². The van der Waals surface area contributed by atoms with E-state index < -0.39 is 81.5 Å². The molecular formula is C43H60N2O11SeSi. The van der Waals surface area contributed by atoms with Crippen LogP contribution < -0.4 is 15.5 Å². The molecular weight excluding hydrogens is 828 g/mol. The Labute approximate surface area is 349 Å². The number of hydrogen-bond donors (Lipinski definition) is 3. The van der Waals surface area contributed by atoms with E-state index in [9.17, 15) is 9.90 Å². The molecule has 318 valence electrons. The van der Waals surface area contributed by atoms with Gasteiger partial charge in [0.25, 0.3) is 0 Å². The average Bonchev–Trinajstić information content (AvgIpc) is 3.19. The topological polar surface area (TPSA) is 158 Å². The monoisotopic (exact) mass is 888 g/mol. The van der Waals surface area contributed by atoms with E-state index in [1.165, 1.54) is 0 Å². The minimum absolute atomic E-state index is 0.0186. The summed E-state index contributed by atoms with van der Waals surface area (Å²) in [7, 11) is -2.41. The quantitative estimate of drug-likeness (QED) is 0.107. The number of rotatable bonds is 15. The first kappa shape index (κ1) is 44.8. The molecule has 0 bridgehead atoms. The van der Waals surface area contributed by atoms with Crippen LogP contribution >= 0.6 is 0 Å². The first-order chi connectivity index (χ1) is 27.6. The van der Waals surface area contributed by atoms with E-state index in [4.69, 9.17) is 48.1 Å². The predicted octanol–water partition coefficient (Wildman–Crippen LogP) is 4.99. The van der Waals surface area contributed by atoms with Crippen LogP contribution in [0.1, 0.15) is 45.7 Å². The Kier molecular flexibility index (Phi) is 15.3. The molecule has 6 rings (SSSR count). The molecule has 0 spiro atoms. The Morgan fingerprint density at radius 3 is 2.17 bits per heavy atom. The molecule has 3 saturated heterocycles. The molecule has 13 nitrogen and oxygen atoms in total. The zero-order valence-corrected chi connectivity index (χ0v) is 37.2. The molecule has 4 N–H and O–H groups in total. The van der Waals surface area contributed by atoms with E-state index in [1.54, 1.807) is 0 Å². The van der Waals surface area contributed by atoms with Crippen LogP contribution in [0.2, 0.25) is 23.5 Å². The van der Waals surface area contributed by atoms with Crippen molar-refractivity contribution in [1.29, 1.82) is 0 Å². The van der Waals surface area contributed by atoms with Gasteiger partial charge in [-0.15, -0.1) is 0 Å². The molecule has 10 atom stereocenters. The van der Waals surface area contributed by atoms with Gasteiger partial charge in [0.05, 0.1) is 0 Å². The van der Waals surface area contributed by atoms with Crippen molar-refractivity contribution in [2.75, 3.05) is 13.4 Å². The van der Waals surface area contributed by atoms with Crippen LogP contribution in [0, 0.1) is 0 Å². The number of nitrogens with two attached hydrogens (primary N) is 1. The summed E-state index contributed by atoms with van der Waals surface area (Å²) in [5.41, 5.74) is 8.85. The van der Waals surface area contributed by atoms with Gasteiger partial charge in [-0.2, -0.15) is 0 Å². The fourth-order valence-corrected chi connectivity index (χ4v) is 10.1.